The molecule has 0 bridgehead atoms. The lowest BCUT2D eigenvalue weighted by Crippen LogP contribution is -2.52. The van der Waals surface area contributed by atoms with Crippen LogP contribution in [0, 0.1) is 0 Å². The Labute approximate surface area is 174 Å². The molecule has 1 atom stereocenters. The van der Waals surface area contributed by atoms with E-state index in [0.29, 0.717) is 11.6 Å². The SMILES string of the molecule is COc1ccnc(C(=O)Nc2cnc(N3CCN(c4ccccn4)C[C@@H]3C)cn2)c1. The van der Waals surface area contributed by atoms with Crippen molar-refractivity contribution in [3.8, 4) is 5.75 Å². The molecule has 9 heteroatoms. The van der Waals surface area contributed by atoms with Crippen LogP contribution in [0.3, 0.4) is 0 Å². The van der Waals surface area contributed by atoms with Crippen LogP contribution in [-0.2, 0) is 0 Å². The standard InChI is InChI=1S/C21H23N7O2/c1-15-14-27(19-5-3-4-7-23-19)9-10-28(15)20-13-24-18(12-25-20)26-21(29)17-11-16(30-2)6-8-22-17/h3-8,11-13,15H,9-10,14H2,1-2H3,(H,24,26,29)/t15-/m0/s1. The van der Waals surface area contributed by atoms with E-state index < -0.39 is 0 Å². The molecule has 1 aliphatic rings. The molecular formula is C21H23N7O2. The minimum Gasteiger partial charge on any atom is -0.497 e. The number of piperazine rings is 1. The fourth-order valence-corrected chi connectivity index (χ4v) is 3.42. The maximum atomic E-state index is 12.4. The van der Waals surface area contributed by atoms with Crippen LogP contribution < -0.4 is 19.9 Å². The van der Waals surface area contributed by atoms with Gasteiger partial charge in [-0.2, -0.15) is 0 Å². The van der Waals surface area contributed by atoms with Crippen molar-refractivity contribution in [2.24, 2.45) is 0 Å². The Kier molecular flexibility index (Phi) is 5.69. The number of aromatic nitrogens is 4. The quantitative estimate of drug-likeness (QED) is 0.690. The van der Waals surface area contributed by atoms with Crippen LogP contribution in [-0.4, -0.2) is 58.6 Å². The first kappa shape index (κ1) is 19.6. The first-order valence-corrected chi connectivity index (χ1v) is 9.70. The molecule has 4 rings (SSSR count). The maximum Gasteiger partial charge on any atom is 0.275 e. The predicted molar refractivity (Wildman–Crippen MR) is 114 cm³/mol. The van der Waals surface area contributed by atoms with Gasteiger partial charge in [0.25, 0.3) is 5.91 Å². The van der Waals surface area contributed by atoms with Gasteiger partial charge in [0, 0.05) is 44.1 Å². The average Bonchev–Trinajstić information content (AvgIpc) is 2.80. The van der Waals surface area contributed by atoms with E-state index in [1.165, 1.54) is 6.20 Å². The molecule has 0 saturated carbocycles. The lowest BCUT2D eigenvalue weighted by molar-refractivity contribution is 0.102. The molecule has 9 nitrogen and oxygen atoms in total. The number of nitrogens with one attached hydrogen (secondary N) is 1. The number of hydrogen-bond donors (Lipinski definition) is 1. The molecule has 1 N–H and O–H groups in total. The molecule has 3 aromatic heterocycles. The number of carbonyl (C=O) groups excluding carboxylic acids is 1. The topological polar surface area (TPSA) is 96.4 Å². The highest BCUT2D eigenvalue weighted by molar-refractivity contribution is 6.02. The highest BCUT2D eigenvalue weighted by Gasteiger charge is 2.25. The van der Waals surface area contributed by atoms with Crippen molar-refractivity contribution in [1.29, 1.82) is 0 Å². The van der Waals surface area contributed by atoms with E-state index in [4.69, 9.17) is 4.74 Å². The second-order valence-corrected chi connectivity index (χ2v) is 6.97. The van der Waals surface area contributed by atoms with Crippen molar-refractivity contribution in [3.63, 3.8) is 0 Å². The Morgan fingerprint density at radius 1 is 1.07 bits per heavy atom. The number of methoxy groups -OCH3 is 1. The molecule has 154 valence electrons. The number of carbonyl (C=O) groups is 1. The smallest absolute Gasteiger partial charge is 0.275 e. The van der Waals surface area contributed by atoms with Gasteiger partial charge in [0.15, 0.2) is 5.82 Å². The third-order valence-corrected chi connectivity index (χ3v) is 4.97. The predicted octanol–water partition coefficient (Wildman–Crippen LogP) is 2.24. The van der Waals surface area contributed by atoms with E-state index in [1.54, 1.807) is 31.6 Å². The molecule has 1 fully saturated rings. The van der Waals surface area contributed by atoms with Gasteiger partial charge in [0.1, 0.15) is 23.1 Å². The molecule has 3 aromatic rings. The van der Waals surface area contributed by atoms with Crippen LogP contribution in [0.25, 0.3) is 0 Å². The Balaban J connectivity index is 1.39. The van der Waals surface area contributed by atoms with Gasteiger partial charge in [-0.1, -0.05) is 6.07 Å². The van der Waals surface area contributed by atoms with Crippen LogP contribution in [0.5, 0.6) is 5.75 Å². The Bertz CT molecular complexity index is 998. The Hall–Kier alpha value is -3.75. The molecule has 0 unspecified atom stereocenters. The molecular weight excluding hydrogens is 382 g/mol. The summed E-state index contributed by atoms with van der Waals surface area (Å²) in [7, 11) is 1.54. The van der Waals surface area contributed by atoms with Gasteiger partial charge in [-0.3, -0.25) is 9.78 Å². The third-order valence-electron chi connectivity index (χ3n) is 4.97. The third kappa shape index (κ3) is 4.29. The van der Waals surface area contributed by atoms with Gasteiger partial charge >= 0.3 is 0 Å². The lowest BCUT2D eigenvalue weighted by Gasteiger charge is -2.40. The van der Waals surface area contributed by atoms with Gasteiger partial charge in [-0.15, -0.1) is 0 Å². The van der Waals surface area contributed by atoms with Gasteiger partial charge in [0.2, 0.25) is 0 Å². The molecule has 0 radical (unpaired) electrons. The van der Waals surface area contributed by atoms with E-state index in [0.717, 1.165) is 31.3 Å². The summed E-state index contributed by atoms with van der Waals surface area (Å²) in [6.07, 6.45) is 6.58. The number of hydrogen-bond acceptors (Lipinski definition) is 8. The summed E-state index contributed by atoms with van der Waals surface area (Å²) in [4.78, 5) is 34.2. The van der Waals surface area contributed by atoms with E-state index in [-0.39, 0.29) is 17.6 Å². The first-order valence-electron chi connectivity index (χ1n) is 9.70. The monoisotopic (exact) mass is 405 g/mol. The average molecular weight is 405 g/mol. The van der Waals surface area contributed by atoms with Crippen molar-refractivity contribution >= 4 is 23.4 Å². The lowest BCUT2D eigenvalue weighted by atomic mass is 10.2. The largest absolute Gasteiger partial charge is 0.497 e. The second kappa shape index (κ2) is 8.73. The Morgan fingerprint density at radius 3 is 2.67 bits per heavy atom. The molecule has 1 amide bonds. The van der Waals surface area contributed by atoms with Crippen LogP contribution in [0.2, 0.25) is 0 Å². The zero-order valence-electron chi connectivity index (χ0n) is 16.9. The van der Waals surface area contributed by atoms with E-state index in [9.17, 15) is 4.79 Å². The van der Waals surface area contributed by atoms with Crippen LogP contribution in [0.1, 0.15) is 17.4 Å². The Morgan fingerprint density at radius 2 is 1.97 bits per heavy atom. The number of nitrogens with zero attached hydrogens (tertiary/aromatic N) is 6. The van der Waals surface area contributed by atoms with Crippen LogP contribution >= 0.6 is 0 Å². The van der Waals surface area contributed by atoms with Crippen molar-refractivity contribution in [3.05, 3.63) is 60.8 Å². The number of amides is 1. The summed E-state index contributed by atoms with van der Waals surface area (Å²) in [6.45, 7) is 4.66. The van der Waals surface area contributed by atoms with Crippen molar-refractivity contribution in [2.75, 3.05) is 41.9 Å². The van der Waals surface area contributed by atoms with Crippen molar-refractivity contribution in [2.45, 2.75) is 13.0 Å². The summed E-state index contributed by atoms with van der Waals surface area (Å²) < 4.78 is 5.12. The number of ether oxygens (including phenoxy) is 1. The van der Waals surface area contributed by atoms with Gasteiger partial charge in [-0.05, 0) is 25.1 Å². The minimum atomic E-state index is -0.367. The molecule has 4 heterocycles. The van der Waals surface area contributed by atoms with Crippen LogP contribution in [0.15, 0.2) is 55.1 Å². The summed E-state index contributed by atoms with van der Waals surface area (Å²) >= 11 is 0. The van der Waals surface area contributed by atoms with Gasteiger partial charge in [0.05, 0.1) is 19.5 Å². The molecule has 0 aromatic carbocycles. The number of rotatable bonds is 5. The normalized spacial score (nSPS) is 16.3. The zero-order valence-corrected chi connectivity index (χ0v) is 16.9. The van der Waals surface area contributed by atoms with E-state index >= 15 is 0 Å². The zero-order chi connectivity index (χ0) is 20.9. The highest BCUT2D eigenvalue weighted by Crippen LogP contribution is 2.21. The summed E-state index contributed by atoms with van der Waals surface area (Å²) in [5.74, 6) is 2.33. The van der Waals surface area contributed by atoms with Gasteiger partial charge < -0.3 is 19.9 Å². The summed E-state index contributed by atoms with van der Waals surface area (Å²) in [5, 5.41) is 2.71. The fraction of sp³-hybridized carbons (Fsp3) is 0.286. The number of anilines is 3. The van der Waals surface area contributed by atoms with Crippen LogP contribution in [0.4, 0.5) is 17.5 Å². The molecule has 0 aliphatic carbocycles. The fourth-order valence-electron chi connectivity index (χ4n) is 3.42. The van der Waals surface area contributed by atoms with Crippen molar-refractivity contribution < 1.29 is 9.53 Å². The van der Waals surface area contributed by atoms with Gasteiger partial charge in [-0.25, -0.2) is 15.0 Å². The summed E-state index contributed by atoms with van der Waals surface area (Å²) in [6, 6.07) is 9.44. The maximum absolute atomic E-state index is 12.4. The van der Waals surface area contributed by atoms with E-state index in [2.05, 4.69) is 42.0 Å². The molecule has 0 spiro atoms. The first-order chi connectivity index (χ1) is 14.6. The summed E-state index contributed by atoms with van der Waals surface area (Å²) in [5.41, 5.74) is 0.250. The molecule has 30 heavy (non-hydrogen) atoms. The molecule has 1 saturated heterocycles. The number of pyridine rings is 2. The van der Waals surface area contributed by atoms with E-state index in [1.807, 2.05) is 24.4 Å². The van der Waals surface area contributed by atoms with Crippen molar-refractivity contribution in [1.82, 2.24) is 19.9 Å². The second-order valence-electron chi connectivity index (χ2n) is 6.97. The molecule has 1 aliphatic heterocycles. The minimum absolute atomic E-state index is 0.247. The highest BCUT2D eigenvalue weighted by atomic mass is 16.5.